The first-order valence-corrected chi connectivity index (χ1v) is 8.08. The fourth-order valence-electron chi connectivity index (χ4n) is 2.79. The van der Waals surface area contributed by atoms with Crippen LogP contribution < -0.4 is 10.5 Å². The Labute approximate surface area is 124 Å². The average Bonchev–Trinajstić information content (AvgIpc) is 3.06. The Morgan fingerprint density at radius 1 is 1.25 bits per heavy atom. The molecular formula is C17H21NOS. The number of aryl methyl sites for hydroxylation is 3. The van der Waals surface area contributed by atoms with Crippen LogP contribution in [0.1, 0.15) is 39.8 Å². The van der Waals surface area contributed by atoms with E-state index in [-0.39, 0.29) is 6.04 Å². The zero-order valence-corrected chi connectivity index (χ0v) is 12.7. The molecule has 1 aliphatic rings. The van der Waals surface area contributed by atoms with Gasteiger partial charge in [-0.25, -0.2) is 0 Å². The molecule has 3 rings (SSSR count). The summed E-state index contributed by atoms with van der Waals surface area (Å²) in [4.78, 5) is 2.93. The topological polar surface area (TPSA) is 35.2 Å². The van der Waals surface area contributed by atoms with E-state index in [1.54, 1.807) is 17.6 Å². The van der Waals surface area contributed by atoms with Crippen LogP contribution in [0.25, 0.3) is 0 Å². The van der Waals surface area contributed by atoms with E-state index in [9.17, 15) is 0 Å². The maximum absolute atomic E-state index is 6.35. The van der Waals surface area contributed by atoms with Crippen molar-refractivity contribution in [3.63, 3.8) is 0 Å². The van der Waals surface area contributed by atoms with Crippen molar-refractivity contribution >= 4 is 11.3 Å². The molecular weight excluding hydrogens is 266 g/mol. The lowest BCUT2D eigenvalue weighted by Crippen LogP contribution is -2.09. The quantitative estimate of drug-likeness (QED) is 0.906. The molecule has 0 saturated carbocycles. The van der Waals surface area contributed by atoms with Gasteiger partial charge in [0.2, 0.25) is 0 Å². The number of benzene rings is 1. The Bertz CT molecular complexity index is 552. The molecule has 1 heterocycles. The van der Waals surface area contributed by atoms with Gasteiger partial charge in [-0.15, -0.1) is 11.3 Å². The van der Waals surface area contributed by atoms with Gasteiger partial charge in [0.05, 0.1) is 7.11 Å². The Kier molecular flexibility index (Phi) is 4.08. The number of hydrogen-bond donors (Lipinski definition) is 1. The van der Waals surface area contributed by atoms with E-state index in [1.165, 1.54) is 29.7 Å². The molecule has 1 aliphatic carbocycles. The van der Waals surface area contributed by atoms with E-state index in [0.29, 0.717) is 0 Å². The molecule has 106 valence electrons. The van der Waals surface area contributed by atoms with Crippen molar-refractivity contribution in [1.29, 1.82) is 0 Å². The fraction of sp³-hybridized carbons (Fsp3) is 0.412. The van der Waals surface area contributed by atoms with E-state index >= 15 is 0 Å². The Morgan fingerprint density at radius 2 is 2.05 bits per heavy atom. The van der Waals surface area contributed by atoms with Crippen molar-refractivity contribution in [2.45, 2.75) is 38.1 Å². The molecule has 0 saturated heterocycles. The van der Waals surface area contributed by atoms with Crippen molar-refractivity contribution in [3.05, 3.63) is 51.2 Å². The van der Waals surface area contributed by atoms with Gasteiger partial charge in [-0.05, 0) is 61.4 Å². The van der Waals surface area contributed by atoms with Crippen molar-refractivity contribution in [2.24, 2.45) is 5.73 Å². The molecule has 0 aliphatic heterocycles. The maximum Gasteiger partial charge on any atom is 0.118 e. The summed E-state index contributed by atoms with van der Waals surface area (Å²) < 4.78 is 5.18. The number of nitrogens with two attached hydrogens (primary N) is 1. The molecule has 2 nitrogen and oxygen atoms in total. The lowest BCUT2D eigenvalue weighted by Gasteiger charge is -2.10. The van der Waals surface area contributed by atoms with Crippen LogP contribution in [-0.2, 0) is 19.3 Å². The van der Waals surface area contributed by atoms with Crippen LogP contribution >= 0.6 is 11.3 Å². The van der Waals surface area contributed by atoms with Gasteiger partial charge in [-0.3, -0.25) is 0 Å². The first-order valence-electron chi connectivity index (χ1n) is 7.26. The third-order valence-electron chi connectivity index (χ3n) is 4.03. The molecule has 0 radical (unpaired) electrons. The van der Waals surface area contributed by atoms with Crippen LogP contribution in [-0.4, -0.2) is 7.11 Å². The summed E-state index contributed by atoms with van der Waals surface area (Å²) in [6.07, 6.45) is 5.85. The van der Waals surface area contributed by atoms with E-state index in [1.807, 2.05) is 23.5 Å². The van der Waals surface area contributed by atoms with Crippen LogP contribution in [0.5, 0.6) is 5.75 Å². The number of methoxy groups -OCH3 is 1. The monoisotopic (exact) mass is 287 g/mol. The van der Waals surface area contributed by atoms with Crippen molar-refractivity contribution < 1.29 is 4.74 Å². The van der Waals surface area contributed by atoms with Gasteiger partial charge in [-0.1, -0.05) is 12.1 Å². The number of rotatable bonds is 5. The first-order chi connectivity index (χ1) is 9.76. The Hall–Kier alpha value is -1.32. The highest BCUT2D eigenvalue weighted by atomic mass is 32.1. The number of thiophene rings is 1. The molecule has 1 unspecified atom stereocenters. The summed E-state index contributed by atoms with van der Waals surface area (Å²) in [7, 11) is 1.70. The molecule has 0 bridgehead atoms. The lowest BCUT2D eigenvalue weighted by atomic mass is 10.0. The van der Waals surface area contributed by atoms with Crippen LogP contribution in [0.4, 0.5) is 0 Å². The second-order valence-electron chi connectivity index (χ2n) is 5.44. The normalized spacial score (nSPS) is 15.1. The van der Waals surface area contributed by atoms with E-state index in [0.717, 1.165) is 18.6 Å². The Morgan fingerprint density at radius 3 is 2.75 bits per heavy atom. The predicted octanol–water partition coefficient (Wildman–Crippen LogP) is 3.88. The zero-order chi connectivity index (χ0) is 13.9. The number of ether oxygens (including phenoxy) is 1. The van der Waals surface area contributed by atoms with Crippen LogP contribution in [0, 0.1) is 0 Å². The zero-order valence-electron chi connectivity index (χ0n) is 11.9. The maximum atomic E-state index is 6.35. The highest BCUT2D eigenvalue weighted by Gasteiger charge is 2.17. The summed E-state index contributed by atoms with van der Waals surface area (Å²) in [5, 5.41) is 0. The Balaban J connectivity index is 1.59. The highest BCUT2D eigenvalue weighted by Crippen LogP contribution is 2.34. The van der Waals surface area contributed by atoms with Crippen LogP contribution in [0.15, 0.2) is 30.3 Å². The van der Waals surface area contributed by atoms with Gasteiger partial charge in [-0.2, -0.15) is 0 Å². The summed E-state index contributed by atoms with van der Waals surface area (Å²) in [5.74, 6) is 0.910. The smallest absolute Gasteiger partial charge is 0.118 e. The van der Waals surface area contributed by atoms with Crippen molar-refractivity contribution in [2.75, 3.05) is 7.11 Å². The van der Waals surface area contributed by atoms with E-state index in [2.05, 4.69) is 18.2 Å². The minimum absolute atomic E-state index is 0.174. The largest absolute Gasteiger partial charge is 0.497 e. The predicted molar refractivity (Wildman–Crippen MR) is 84.6 cm³/mol. The summed E-state index contributed by atoms with van der Waals surface area (Å²) in [6, 6.07) is 10.8. The fourth-order valence-corrected chi connectivity index (χ4v) is 4.08. The molecule has 1 aromatic carbocycles. The van der Waals surface area contributed by atoms with Gasteiger partial charge in [0.1, 0.15) is 5.75 Å². The average molecular weight is 287 g/mol. The molecule has 2 N–H and O–H groups in total. The molecule has 0 amide bonds. The van der Waals surface area contributed by atoms with Crippen molar-refractivity contribution in [1.82, 2.24) is 0 Å². The standard InChI is InChI=1S/C17H21NOS/c1-19-14-8-5-12(6-9-14)7-10-15(18)17-11-13-3-2-4-16(13)20-17/h5-6,8-9,11,15H,2-4,7,10,18H2,1H3. The van der Waals surface area contributed by atoms with Gasteiger partial charge in [0.15, 0.2) is 0 Å². The molecule has 0 spiro atoms. The van der Waals surface area contributed by atoms with Crippen LogP contribution in [0.2, 0.25) is 0 Å². The molecule has 0 fully saturated rings. The molecule has 3 heteroatoms. The lowest BCUT2D eigenvalue weighted by molar-refractivity contribution is 0.414. The van der Waals surface area contributed by atoms with E-state index < -0.39 is 0 Å². The minimum Gasteiger partial charge on any atom is -0.497 e. The first kappa shape index (κ1) is 13.7. The summed E-state index contributed by atoms with van der Waals surface area (Å²) in [6.45, 7) is 0. The third kappa shape index (κ3) is 2.89. The summed E-state index contributed by atoms with van der Waals surface area (Å²) >= 11 is 1.93. The van der Waals surface area contributed by atoms with Crippen LogP contribution in [0.3, 0.4) is 0 Å². The summed E-state index contributed by atoms with van der Waals surface area (Å²) in [5.41, 5.74) is 9.22. The SMILES string of the molecule is COc1ccc(CCC(N)c2cc3c(s2)CCC3)cc1. The van der Waals surface area contributed by atoms with Crippen molar-refractivity contribution in [3.8, 4) is 5.75 Å². The molecule has 1 atom stereocenters. The van der Waals surface area contributed by atoms with Gasteiger partial charge >= 0.3 is 0 Å². The van der Waals surface area contributed by atoms with E-state index in [4.69, 9.17) is 10.5 Å². The second-order valence-corrected chi connectivity index (χ2v) is 6.61. The highest BCUT2D eigenvalue weighted by molar-refractivity contribution is 7.12. The number of fused-ring (bicyclic) bond motifs is 1. The van der Waals surface area contributed by atoms with Gasteiger partial charge in [0.25, 0.3) is 0 Å². The van der Waals surface area contributed by atoms with Gasteiger partial charge < -0.3 is 10.5 Å². The molecule has 20 heavy (non-hydrogen) atoms. The molecule has 1 aromatic heterocycles. The third-order valence-corrected chi connectivity index (χ3v) is 5.40. The van der Waals surface area contributed by atoms with Gasteiger partial charge in [0, 0.05) is 15.8 Å². The number of hydrogen-bond acceptors (Lipinski definition) is 3. The second kappa shape index (κ2) is 5.98. The minimum atomic E-state index is 0.174. The molecule has 2 aromatic rings.